The van der Waals surface area contributed by atoms with Gasteiger partial charge in [-0.3, -0.25) is 19.3 Å². The van der Waals surface area contributed by atoms with Gasteiger partial charge in [-0.2, -0.15) is 32.8 Å². The van der Waals surface area contributed by atoms with Crippen molar-refractivity contribution in [3.05, 3.63) is 94.5 Å². The van der Waals surface area contributed by atoms with Crippen molar-refractivity contribution in [3.8, 4) is 6.01 Å². The minimum Gasteiger partial charge on any atom is -0.480 e. The summed E-state index contributed by atoms with van der Waals surface area (Å²) in [5, 5.41) is 33.3. The van der Waals surface area contributed by atoms with E-state index in [1.807, 2.05) is 12.1 Å². The largest absolute Gasteiger partial charge is 0.480 e. The molecule has 7 N–H and O–H groups in total. The van der Waals surface area contributed by atoms with Crippen LogP contribution in [0.5, 0.6) is 6.01 Å². The number of hydroxylamine groups is 3. The van der Waals surface area contributed by atoms with Crippen LogP contribution in [0.15, 0.2) is 72.8 Å². The number of rotatable bonds is 15. The maximum Gasteiger partial charge on any atom is 0.422 e. The second-order valence-corrected chi connectivity index (χ2v) is 14.8. The van der Waals surface area contributed by atoms with Crippen molar-refractivity contribution >= 4 is 58.6 Å². The molecule has 1 aliphatic carbocycles. The molecule has 1 atom stereocenters. The summed E-state index contributed by atoms with van der Waals surface area (Å²) in [5.74, 6) is -4.68. The number of carboxylic acid groups (broad SMARTS) is 1. The Kier molecular flexibility index (Phi) is 12.8. The first-order chi connectivity index (χ1) is 27.9. The zero-order chi connectivity index (χ0) is 42.4. The standard InChI is InChI=1S/C38H40ClF3N10O7/c1-52(58)18-16-51(17-19-52)21-23-2-10-27(11-3-23)44-32(55)31(54)43-20-29(33(56)57)46-30(53)24-4-12-28(13-5-24)45-34-47-35(49-36(48-34)59-22-38(40,41)42)50-37(14-15-37)25-6-8-26(39)9-7-25/h2-13,29,58H,14-22H2,1H3,(H5-,43,44,45,46,47,48,49,50,53,54,55,56,57)/p+1/t29-/m0/s1. The van der Waals surface area contributed by atoms with E-state index >= 15 is 0 Å². The molecule has 0 radical (unpaired) electrons. The molecule has 1 aliphatic heterocycles. The third kappa shape index (κ3) is 12.2. The van der Waals surface area contributed by atoms with Crippen molar-refractivity contribution in [3.63, 3.8) is 0 Å². The number of nitrogens with zero attached hydrogens (tertiary/aromatic N) is 5. The minimum atomic E-state index is -4.65. The number of carbonyl (C=O) groups excluding carboxylic acids is 3. The molecule has 0 spiro atoms. The molecule has 1 saturated carbocycles. The van der Waals surface area contributed by atoms with Crippen molar-refractivity contribution in [1.82, 2.24) is 30.5 Å². The zero-order valence-electron chi connectivity index (χ0n) is 31.6. The first kappa shape index (κ1) is 42.5. The summed E-state index contributed by atoms with van der Waals surface area (Å²) in [4.78, 5) is 64.5. The van der Waals surface area contributed by atoms with E-state index in [0.717, 1.165) is 24.2 Å². The number of amides is 3. The van der Waals surface area contributed by atoms with Gasteiger partial charge in [-0.25, -0.2) is 10.0 Å². The molecular weight excluding hydrogens is 801 g/mol. The molecule has 2 aliphatic rings. The van der Waals surface area contributed by atoms with Crippen molar-refractivity contribution in [2.75, 3.05) is 62.3 Å². The molecule has 2 fully saturated rings. The molecule has 1 aromatic heterocycles. The Hall–Kier alpha value is -6.09. The zero-order valence-corrected chi connectivity index (χ0v) is 32.3. The van der Waals surface area contributed by atoms with Crippen LogP contribution in [0.2, 0.25) is 5.02 Å². The van der Waals surface area contributed by atoms with Crippen molar-refractivity contribution in [2.45, 2.75) is 37.1 Å². The number of benzene rings is 3. The SMILES string of the molecule is C[N+]1(O)CCN(Cc2ccc(NC(=O)C(=O)NC[C@H](NC(=O)c3ccc(Nc4nc(NC5(c6ccc(Cl)cc6)CC5)nc(OCC(F)(F)F)n4)cc3)C(=O)O)cc2)CC1. The van der Waals surface area contributed by atoms with Crippen LogP contribution in [0.25, 0.3) is 0 Å². The van der Waals surface area contributed by atoms with E-state index in [1.165, 1.54) is 24.3 Å². The van der Waals surface area contributed by atoms with Crippen molar-refractivity contribution in [2.24, 2.45) is 0 Å². The molecule has 0 bridgehead atoms. The Balaban J connectivity index is 1.02. The number of carboxylic acids is 1. The highest BCUT2D eigenvalue weighted by Gasteiger charge is 2.45. The molecule has 3 aromatic carbocycles. The number of halogens is 4. The molecule has 1 saturated heterocycles. The number of likely N-dealkylation sites (N-methyl/N-ethyl adjacent to an activating group) is 1. The fourth-order valence-corrected chi connectivity index (χ4v) is 6.18. The first-order valence-electron chi connectivity index (χ1n) is 18.3. The van der Waals surface area contributed by atoms with Gasteiger partial charge in [0.25, 0.3) is 5.91 Å². The lowest BCUT2D eigenvalue weighted by molar-refractivity contribution is -1.09. The predicted octanol–water partition coefficient (Wildman–Crippen LogP) is 3.90. The van der Waals surface area contributed by atoms with Crippen LogP contribution >= 0.6 is 11.6 Å². The average Bonchev–Trinajstić information content (AvgIpc) is 3.97. The number of aliphatic carboxylic acids is 1. The van der Waals surface area contributed by atoms with E-state index < -0.39 is 60.6 Å². The van der Waals surface area contributed by atoms with E-state index in [1.54, 1.807) is 43.4 Å². The average molecular weight is 842 g/mol. The lowest BCUT2D eigenvalue weighted by Crippen LogP contribution is -2.54. The summed E-state index contributed by atoms with van der Waals surface area (Å²) in [5.41, 5.74) is 1.94. The van der Waals surface area contributed by atoms with Gasteiger partial charge in [-0.15, -0.1) is 0 Å². The van der Waals surface area contributed by atoms with Gasteiger partial charge < -0.3 is 36.4 Å². The second-order valence-electron chi connectivity index (χ2n) is 14.4. The summed E-state index contributed by atoms with van der Waals surface area (Å²) in [6, 6.07) is 17.3. The van der Waals surface area contributed by atoms with Crippen molar-refractivity contribution in [1.29, 1.82) is 0 Å². The highest BCUT2D eigenvalue weighted by Crippen LogP contribution is 2.48. The van der Waals surface area contributed by atoms with Crippen LogP contribution in [0.3, 0.4) is 0 Å². The van der Waals surface area contributed by atoms with Crippen LogP contribution in [-0.4, -0.2) is 117 Å². The van der Waals surface area contributed by atoms with Crippen LogP contribution < -0.4 is 31.3 Å². The van der Waals surface area contributed by atoms with E-state index in [4.69, 9.17) is 16.3 Å². The highest BCUT2D eigenvalue weighted by molar-refractivity contribution is 6.39. The van der Waals surface area contributed by atoms with E-state index in [-0.39, 0.29) is 22.1 Å². The summed E-state index contributed by atoms with van der Waals surface area (Å²) < 4.78 is 43.7. The third-order valence-electron chi connectivity index (χ3n) is 9.57. The number of aromatic nitrogens is 3. The molecule has 0 unspecified atom stereocenters. The number of piperazine rings is 1. The summed E-state index contributed by atoms with van der Waals surface area (Å²) in [6.45, 7) is 1.07. The first-order valence-corrected chi connectivity index (χ1v) is 18.7. The van der Waals surface area contributed by atoms with Gasteiger partial charge in [-0.05, 0) is 72.5 Å². The molecule has 17 nitrogen and oxygen atoms in total. The van der Waals surface area contributed by atoms with Crippen LogP contribution in [0.4, 0.5) is 36.4 Å². The van der Waals surface area contributed by atoms with Crippen LogP contribution in [-0.2, 0) is 26.5 Å². The monoisotopic (exact) mass is 841 g/mol. The lowest BCUT2D eigenvalue weighted by atomic mass is 10.1. The van der Waals surface area contributed by atoms with E-state index in [0.29, 0.717) is 48.9 Å². The molecule has 6 rings (SSSR count). The Morgan fingerprint density at radius 2 is 1.53 bits per heavy atom. The number of ether oxygens (including phenoxy) is 1. The predicted molar refractivity (Wildman–Crippen MR) is 207 cm³/mol. The summed E-state index contributed by atoms with van der Waals surface area (Å²) in [6.07, 6.45) is -3.27. The maximum absolute atomic E-state index is 13.0. The number of carbonyl (C=O) groups is 4. The molecule has 4 aromatic rings. The second kappa shape index (κ2) is 17.8. The number of quaternary nitrogens is 1. The maximum atomic E-state index is 13.0. The van der Waals surface area contributed by atoms with Gasteiger partial charge in [0.1, 0.15) is 19.1 Å². The Morgan fingerprint density at radius 1 is 0.898 bits per heavy atom. The van der Waals surface area contributed by atoms with Gasteiger partial charge >= 0.3 is 30.0 Å². The molecule has 21 heteroatoms. The smallest absolute Gasteiger partial charge is 0.422 e. The van der Waals surface area contributed by atoms with Gasteiger partial charge in [0.15, 0.2) is 6.61 Å². The topological polar surface area (TPSA) is 220 Å². The number of nitrogens with one attached hydrogen (secondary N) is 5. The lowest BCUT2D eigenvalue weighted by Gasteiger charge is -2.35. The third-order valence-corrected chi connectivity index (χ3v) is 9.82. The molecule has 59 heavy (non-hydrogen) atoms. The normalized spacial score (nSPS) is 16.2. The summed E-state index contributed by atoms with van der Waals surface area (Å²) >= 11 is 6.03. The summed E-state index contributed by atoms with van der Waals surface area (Å²) in [7, 11) is 1.76. The van der Waals surface area contributed by atoms with E-state index in [2.05, 4.69) is 46.4 Å². The number of hydrogen-bond acceptors (Lipinski definition) is 12. The van der Waals surface area contributed by atoms with Gasteiger partial charge in [0.2, 0.25) is 11.9 Å². The number of anilines is 4. The molecule has 3 amide bonds. The van der Waals surface area contributed by atoms with E-state index in [9.17, 15) is 42.7 Å². The Morgan fingerprint density at radius 3 is 2.14 bits per heavy atom. The Bertz CT molecular complexity index is 2150. The fraction of sp³-hybridized carbons (Fsp3) is 0.342. The highest BCUT2D eigenvalue weighted by atomic mass is 35.5. The van der Waals surface area contributed by atoms with Crippen molar-refractivity contribution < 1.29 is 52.0 Å². The fourth-order valence-electron chi connectivity index (χ4n) is 6.06. The quantitative estimate of drug-likeness (QED) is 0.0668. The minimum absolute atomic E-state index is 0.0178. The van der Waals surface area contributed by atoms with Gasteiger partial charge in [0.05, 0.1) is 25.7 Å². The van der Waals surface area contributed by atoms with Gasteiger partial charge in [-0.1, -0.05) is 35.9 Å². The van der Waals surface area contributed by atoms with Crippen LogP contribution in [0, 0.1) is 0 Å². The molecular formula is C38H41ClF3N10O7+. The number of hydrogen-bond donors (Lipinski definition) is 7. The van der Waals surface area contributed by atoms with Crippen LogP contribution in [0.1, 0.15) is 34.3 Å². The Labute approximate surface area is 340 Å². The van der Waals surface area contributed by atoms with Gasteiger partial charge in [0, 0.05) is 35.1 Å². The number of alkyl halides is 3. The molecule has 2 heterocycles. The molecule has 312 valence electrons.